The van der Waals surface area contributed by atoms with E-state index in [1.165, 1.54) is 6.42 Å². The Hall–Kier alpha value is -1.59. The van der Waals surface area contributed by atoms with Crippen molar-refractivity contribution in [2.45, 2.75) is 77.8 Å². The third-order valence-corrected chi connectivity index (χ3v) is 4.20. The molecule has 0 heterocycles. The van der Waals surface area contributed by atoms with Gasteiger partial charge in [-0.2, -0.15) is 0 Å². The summed E-state index contributed by atoms with van der Waals surface area (Å²) in [5.41, 5.74) is 0. The summed E-state index contributed by atoms with van der Waals surface area (Å²) in [5, 5.41) is 14.6. The fourth-order valence-electron chi connectivity index (χ4n) is 3.00. The van der Waals surface area contributed by atoms with Crippen LogP contribution in [0.4, 0.5) is 0 Å². The van der Waals surface area contributed by atoms with E-state index in [0.717, 1.165) is 25.7 Å². The predicted molar refractivity (Wildman–Crippen MR) is 87.8 cm³/mol. The van der Waals surface area contributed by atoms with Crippen LogP contribution in [0, 0.1) is 11.8 Å². The minimum absolute atomic E-state index is 0.0157. The zero-order valence-electron chi connectivity index (χ0n) is 14.4. The molecular weight excluding hydrogens is 296 g/mol. The highest BCUT2D eigenvalue weighted by atomic mass is 16.4. The maximum absolute atomic E-state index is 12.1. The summed E-state index contributed by atoms with van der Waals surface area (Å²) < 4.78 is 0. The summed E-state index contributed by atoms with van der Waals surface area (Å²) in [4.78, 5) is 35.3. The van der Waals surface area contributed by atoms with Crippen LogP contribution in [-0.4, -0.2) is 35.0 Å². The lowest BCUT2D eigenvalue weighted by molar-refractivity contribution is -0.142. The summed E-state index contributed by atoms with van der Waals surface area (Å²) >= 11 is 0. The monoisotopic (exact) mass is 326 g/mol. The minimum Gasteiger partial charge on any atom is -0.480 e. The molecule has 132 valence electrons. The fraction of sp³-hybridized carbons (Fsp3) is 0.824. The van der Waals surface area contributed by atoms with E-state index in [0.29, 0.717) is 6.42 Å². The van der Waals surface area contributed by atoms with Gasteiger partial charge in [0.15, 0.2) is 0 Å². The predicted octanol–water partition coefficient (Wildman–Crippen LogP) is 2.08. The van der Waals surface area contributed by atoms with Gasteiger partial charge in [-0.3, -0.25) is 9.59 Å². The topological polar surface area (TPSA) is 95.5 Å². The van der Waals surface area contributed by atoms with Crippen LogP contribution in [0.25, 0.3) is 0 Å². The molecule has 2 amide bonds. The SMILES string of the molecule is CC(C)C[C@@H](NC(=O)CC(C)NC(=O)C1CCCCC1)C(=O)O. The van der Waals surface area contributed by atoms with Crippen molar-refractivity contribution in [2.75, 3.05) is 0 Å². The number of aliphatic carboxylic acids is 1. The molecular formula is C17H30N2O4. The number of hydrogen-bond donors (Lipinski definition) is 3. The molecule has 6 heteroatoms. The van der Waals surface area contributed by atoms with Crippen molar-refractivity contribution in [2.24, 2.45) is 11.8 Å². The Morgan fingerprint density at radius 2 is 1.65 bits per heavy atom. The molecule has 0 saturated heterocycles. The van der Waals surface area contributed by atoms with Crippen LogP contribution >= 0.6 is 0 Å². The Morgan fingerprint density at radius 3 is 2.17 bits per heavy atom. The van der Waals surface area contributed by atoms with Crippen molar-refractivity contribution in [1.82, 2.24) is 10.6 Å². The third-order valence-electron chi connectivity index (χ3n) is 4.20. The molecule has 23 heavy (non-hydrogen) atoms. The molecule has 1 aliphatic carbocycles. The first-order valence-electron chi connectivity index (χ1n) is 8.62. The van der Waals surface area contributed by atoms with Gasteiger partial charge in [-0.15, -0.1) is 0 Å². The Kier molecular flexibility index (Phi) is 8.06. The van der Waals surface area contributed by atoms with Gasteiger partial charge < -0.3 is 15.7 Å². The molecule has 0 radical (unpaired) electrons. The molecule has 0 aliphatic heterocycles. The lowest BCUT2D eigenvalue weighted by atomic mass is 9.88. The molecule has 1 rings (SSSR count). The molecule has 0 aromatic rings. The lowest BCUT2D eigenvalue weighted by Gasteiger charge is -2.23. The number of carbonyl (C=O) groups excluding carboxylic acids is 2. The molecule has 3 N–H and O–H groups in total. The number of carbonyl (C=O) groups is 3. The lowest BCUT2D eigenvalue weighted by Crippen LogP contribution is -2.45. The van der Waals surface area contributed by atoms with E-state index < -0.39 is 12.0 Å². The maximum atomic E-state index is 12.1. The van der Waals surface area contributed by atoms with Gasteiger partial charge in [0.2, 0.25) is 11.8 Å². The van der Waals surface area contributed by atoms with E-state index in [4.69, 9.17) is 5.11 Å². The number of hydrogen-bond acceptors (Lipinski definition) is 3. The average molecular weight is 326 g/mol. The Bertz CT molecular complexity index is 417. The maximum Gasteiger partial charge on any atom is 0.326 e. The van der Waals surface area contributed by atoms with E-state index in [1.807, 2.05) is 13.8 Å². The normalized spacial score (nSPS) is 18.3. The summed E-state index contributed by atoms with van der Waals surface area (Å²) in [5.74, 6) is -1.11. The fourth-order valence-corrected chi connectivity index (χ4v) is 3.00. The number of amides is 2. The van der Waals surface area contributed by atoms with E-state index in [2.05, 4.69) is 10.6 Å². The molecule has 1 unspecified atom stereocenters. The van der Waals surface area contributed by atoms with Gasteiger partial charge in [0, 0.05) is 18.4 Å². The van der Waals surface area contributed by atoms with E-state index in [1.54, 1.807) is 6.92 Å². The van der Waals surface area contributed by atoms with Crippen LogP contribution in [0.1, 0.15) is 65.7 Å². The van der Waals surface area contributed by atoms with Gasteiger partial charge in [0.1, 0.15) is 6.04 Å². The molecule has 0 spiro atoms. The van der Waals surface area contributed by atoms with Gasteiger partial charge in [0.25, 0.3) is 0 Å². The average Bonchev–Trinajstić information content (AvgIpc) is 2.46. The first kappa shape index (κ1) is 19.5. The van der Waals surface area contributed by atoms with Crippen molar-refractivity contribution in [3.05, 3.63) is 0 Å². The van der Waals surface area contributed by atoms with Gasteiger partial charge in [-0.05, 0) is 32.1 Å². The molecule has 1 aliphatic rings. The van der Waals surface area contributed by atoms with Gasteiger partial charge in [-0.25, -0.2) is 4.79 Å². The number of carboxylic acid groups (broad SMARTS) is 1. The highest BCUT2D eigenvalue weighted by Gasteiger charge is 2.25. The largest absolute Gasteiger partial charge is 0.480 e. The summed E-state index contributed by atoms with van der Waals surface area (Å²) in [6.07, 6.45) is 5.68. The third kappa shape index (κ3) is 7.48. The highest BCUT2D eigenvalue weighted by molar-refractivity contribution is 5.84. The molecule has 6 nitrogen and oxygen atoms in total. The van der Waals surface area contributed by atoms with Crippen LogP contribution in [0.2, 0.25) is 0 Å². The van der Waals surface area contributed by atoms with Crippen molar-refractivity contribution in [1.29, 1.82) is 0 Å². The second-order valence-corrected chi connectivity index (χ2v) is 7.04. The highest BCUT2D eigenvalue weighted by Crippen LogP contribution is 2.23. The number of carboxylic acids is 1. The number of rotatable bonds is 8. The Labute approximate surface area is 138 Å². The van der Waals surface area contributed by atoms with Crippen molar-refractivity contribution < 1.29 is 19.5 Å². The zero-order chi connectivity index (χ0) is 17.4. The minimum atomic E-state index is -1.02. The second-order valence-electron chi connectivity index (χ2n) is 7.04. The van der Waals surface area contributed by atoms with E-state index >= 15 is 0 Å². The molecule has 1 fully saturated rings. The standard InChI is InChI=1S/C17H30N2O4/c1-11(2)9-14(17(22)23)19-15(20)10-12(3)18-16(21)13-7-5-4-6-8-13/h11-14H,4-10H2,1-3H3,(H,18,21)(H,19,20)(H,22,23)/t12?,14-/m1/s1. The Morgan fingerprint density at radius 1 is 1.04 bits per heavy atom. The number of nitrogens with one attached hydrogen (secondary N) is 2. The molecule has 2 atom stereocenters. The first-order valence-corrected chi connectivity index (χ1v) is 8.62. The summed E-state index contributed by atoms with van der Waals surface area (Å²) in [6.45, 7) is 5.60. The summed E-state index contributed by atoms with van der Waals surface area (Å²) in [7, 11) is 0. The first-order chi connectivity index (χ1) is 10.8. The Balaban J connectivity index is 2.39. The van der Waals surface area contributed by atoms with Crippen LogP contribution in [0.5, 0.6) is 0 Å². The zero-order valence-corrected chi connectivity index (χ0v) is 14.4. The van der Waals surface area contributed by atoms with Crippen molar-refractivity contribution in [3.8, 4) is 0 Å². The van der Waals surface area contributed by atoms with Crippen LogP contribution in [-0.2, 0) is 14.4 Å². The molecule has 0 aromatic heterocycles. The second kappa shape index (κ2) is 9.53. The van der Waals surface area contributed by atoms with Crippen molar-refractivity contribution >= 4 is 17.8 Å². The smallest absolute Gasteiger partial charge is 0.326 e. The molecule has 0 bridgehead atoms. The van der Waals surface area contributed by atoms with Gasteiger partial charge in [0.05, 0.1) is 0 Å². The molecule has 1 saturated carbocycles. The quantitative estimate of drug-likeness (QED) is 0.636. The van der Waals surface area contributed by atoms with Crippen LogP contribution in [0.15, 0.2) is 0 Å². The van der Waals surface area contributed by atoms with Gasteiger partial charge in [-0.1, -0.05) is 33.1 Å². The summed E-state index contributed by atoms with van der Waals surface area (Å²) in [6, 6.07) is -1.17. The van der Waals surface area contributed by atoms with E-state index in [9.17, 15) is 14.4 Å². The molecule has 0 aromatic carbocycles. The van der Waals surface area contributed by atoms with E-state index in [-0.39, 0.29) is 36.1 Å². The van der Waals surface area contributed by atoms with Crippen LogP contribution < -0.4 is 10.6 Å². The van der Waals surface area contributed by atoms with Gasteiger partial charge >= 0.3 is 5.97 Å². The van der Waals surface area contributed by atoms with Crippen LogP contribution in [0.3, 0.4) is 0 Å². The van der Waals surface area contributed by atoms with Crippen molar-refractivity contribution in [3.63, 3.8) is 0 Å².